The molecular formula is C22H29N3O2. The maximum atomic E-state index is 12.3. The number of likely N-dealkylation sites (N-methyl/N-ethyl adjacent to an activating group) is 1. The number of amides is 2. The van der Waals surface area contributed by atoms with Gasteiger partial charge < -0.3 is 10.6 Å². The monoisotopic (exact) mass is 367 g/mol. The third-order valence-corrected chi connectivity index (χ3v) is 4.62. The quantitative estimate of drug-likeness (QED) is 0.716. The van der Waals surface area contributed by atoms with Crippen molar-refractivity contribution in [3.8, 4) is 0 Å². The minimum atomic E-state index is -0.0989. The molecule has 2 rings (SSSR count). The Kier molecular flexibility index (Phi) is 8.01. The lowest BCUT2D eigenvalue weighted by Crippen LogP contribution is -2.36. The number of rotatable bonds is 9. The van der Waals surface area contributed by atoms with E-state index in [0.29, 0.717) is 31.1 Å². The van der Waals surface area contributed by atoms with Crippen molar-refractivity contribution < 1.29 is 9.59 Å². The van der Waals surface area contributed by atoms with Crippen LogP contribution in [0.4, 0.5) is 0 Å². The first-order valence-corrected chi connectivity index (χ1v) is 9.34. The average Bonchev–Trinajstić information content (AvgIpc) is 2.69. The van der Waals surface area contributed by atoms with Crippen LogP contribution < -0.4 is 10.6 Å². The highest BCUT2D eigenvalue weighted by Crippen LogP contribution is 2.17. The molecule has 0 saturated heterocycles. The number of nitrogens with zero attached hydrogens (tertiary/aromatic N) is 1. The maximum absolute atomic E-state index is 12.3. The smallest absolute Gasteiger partial charge is 0.251 e. The van der Waals surface area contributed by atoms with Gasteiger partial charge in [-0.15, -0.1) is 0 Å². The number of nitrogens with one attached hydrogen (secondary N) is 2. The summed E-state index contributed by atoms with van der Waals surface area (Å²) >= 11 is 0. The molecule has 2 N–H and O–H groups in total. The zero-order chi connectivity index (χ0) is 19.6. The number of hydrogen-bond acceptors (Lipinski definition) is 3. The van der Waals surface area contributed by atoms with E-state index in [1.165, 1.54) is 5.56 Å². The molecule has 0 bridgehead atoms. The standard InChI is InChI=1S/C22H29N3O2/c1-4-18(19-8-6-5-7-9-19)14-24-21(26)16-25(3)15-17-10-12-20(13-11-17)22(27)23-2/h5-13,18H,4,14-16H2,1-3H3,(H,23,27)(H,24,26)/t18-/m1/s1. The second-order valence-electron chi connectivity index (χ2n) is 6.77. The number of hydrogen-bond donors (Lipinski definition) is 2. The predicted molar refractivity (Wildman–Crippen MR) is 109 cm³/mol. The normalized spacial score (nSPS) is 11.9. The van der Waals surface area contributed by atoms with E-state index in [1.807, 2.05) is 42.3 Å². The summed E-state index contributed by atoms with van der Waals surface area (Å²) in [6.07, 6.45) is 0.984. The highest BCUT2D eigenvalue weighted by molar-refractivity contribution is 5.93. The fraction of sp³-hybridized carbons (Fsp3) is 0.364. The Morgan fingerprint density at radius 2 is 1.70 bits per heavy atom. The zero-order valence-corrected chi connectivity index (χ0v) is 16.4. The Morgan fingerprint density at radius 3 is 2.30 bits per heavy atom. The number of carbonyl (C=O) groups is 2. The molecule has 0 fully saturated rings. The van der Waals surface area contributed by atoms with Gasteiger partial charge in [0.05, 0.1) is 6.54 Å². The first kappa shape index (κ1) is 20.6. The molecule has 1 atom stereocenters. The first-order chi connectivity index (χ1) is 13.0. The molecule has 0 radical (unpaired) electrons. The van der Waals surface area contributed by atoms with Crippen LogP contribution in [0.15, 0.2) is 54.6 Å². The minimum absolute atomic E-state index is 0.0221. The number of benzene rings is 2. The van der Waals surface area contributed by atoms with Crippen molar-refractivity contribution in [3.63, 3.8) is 0 Å². The van der Waals surface area contributed by atoms with Crippen LogP contribution in [0.25, 0.3) is 0 Å². The summed E-state index contributed by atoms with van der Waals surface area (Å²) < 4.78 is 0. The molecule has 2 amide bonds. The van der Waals surface area contributed by atoms with E-state index in [-0.39, 0.29) is 11.8 Å². The van der Waals surface area contributed by atoms with Crippen LogP contribution in [-0.4, -0.2) is 43.9 Å². The molecule has 5 heteroatoms. The van der Waals surface area contributed by atoms with Gasteiger partial charge in [0.2, 0.25) is 5.91 Å². The molecule has 0 aliphatic carbocycles. The largest absolute Gasteiger partial charge is 0.355 e. The predicted octanol–water partition coefficient (Wildman–Crippen LogP) is 2.79. The summed E-state index contributed by atoms with van der Waals surface area (Å²) in [5.41, 5.74) is 2.95. The Morgan fingerprint density at radius 1 is 1.04 bits per heavy atom. The summed E-state index contributed by atoms with van der Waals surface area (Å²) in [5, 5.41) is 5.65. The van der Waals surface area contributed by atoms with E-state index in [9.17, 15) is 9.59 Å². The fourth-order valence-electron chi connectivity index (χ4n) is 3.03. The van der Waals surface area contributed by atoms with E-state index in [2.05, 4.69) is 29.7 Å². The lowest BCUT2D eigenvalue weighted by atomic mass is 9.96. The minimum Gasteiger partial charge on any atom is -0.355 e. The van der Waals surface area contributed by atoms with Crippen LogP contribution in [0, 0.1) is 0 Å². The molecule has 2 aromatic carbocycles. The second-order valence-corrected chi connectivity index (χ2v) is 6.77. The van der Waals surface area contributed by atoms with E-state index in [4.69, 9.17) is 0 Å². The third-order valence-electron chi connectivity index (χ3n) is 4.62. The molecule has 0 heterocycles. The van der Waals surface area contributed by atoms with Gasteiger partial charge in [0.15, 0.2) is 0 Å². The Hall–Kier alpha value is -2.66. The van der Waals surface area contributed by atoms with Crippen LogP contribution in [0.5, 0.6) is 0 Å². The van der Waals surface area contributed by atoms with Crippen LogP contribution in [0.3, 0.4) is 0 Å². The van der Waals surface area contributed by atoms with Crippen molar-refractivity contribution in [2.75, 3.05) is 27.2 Å². The van der Waals surface area contributed by atoms with Crippen LogP contribution in [0.2, 0.25) is 0 Å². The molecule has 0 aliphatic rings. The highest BCUT2D eigenvalue weighted by Gasteiger charge is 2.12. The summed E-state index contributed by atoms with van der Waals surface area (Å²) in [4.78, 5) is 25.8. The number of carbonyl (C=O) groups excluding carboxylic acids is 2. The summed E-state index contributed by atoms with van der Waals surface area (Å²) in [6.45, 7) is 3.77. The van der Waals surface area contributed by atoms with E-state index < -0.39 is 0 Å². The lowest BCUT2D eigenvalue weighted by molar-refractivity contribution is -0.122. The van der Waals surface area contributed by atoms with Crippen molar-refractivity contribution in [3.05, 3.63) is 71.3 Å². The zero-order valence-electron chi connectivity index (χ0n) is 16.4. The molecule has 0 aliphatic heterocycles. The molecule has 5 nitrogen and oxygen atoms in total. The Labute approximate surface area is 161 Å². The third kappa shape index (κ3) is 6.53. The SMILES string of the molecule is CC[C@H](CNC(=O)CN(C)Cc1ccc(C(=O)NC)cc1)c1ccccc1. The van der Waals surface area contributed by atoms with Gasteiger partial charge in [0.25, 0.3) is 5.91 Å². The van der Waals surface area contributed by atoms with Gasteiger partial charge in [-0.25, -0.2) is 0 Å². The van der Waals surface area contributed by atoms with Crippen molar-refractivity contribution in [2.24, 2.45) is 0 Å². The summed E-state index contributed by atoms with van der Waals surface area (Å²) in [7, 11) is 3.53. The topological polar surface area (TPSA) is 61.4 Å². The highest BCUT2D eigenvalue weighted by atomic mass is 16.2. The molecule has 0 aromatic heterocycles. The van der Waals surface area contributed by atoms with E-state index in [0.717, 1.165) is 12.0 Å². The van der Waals surface area contributed by atoms with Gasteiger partial charge in [-0.2, -0.15) is 0 Å². The van der Waals surface area contributed by atoms with Gasteiger partial charge in [-0.05, 0) is 36.7 Å². The van der Waals surface area contributed by atoms with Gasteiger partial charge >= 0.3 is 0 Å². The fourth-order valence-corrected chi connectivity index (χ4v) is 3.03. The Bertz CT molecular complexity index is 729. The van der Waals surface area contributed by atoms with E-state index in [1.54, 1.807) is 19.2 Å². The molecule has 0 spiro atoms. The molecule has 27 heavy (non-hydrogen) atoms. The van der Waals surface area contributed by atoms with Gasteiger partial charge in [-0.3, -0.25) is 14.5 Å². The van der Waals surface area contributed by atoms with Crippen LogP contribution in [-0.2, 0) is 11.3 Å². The van der Waals surface area contributed by atoms with E-state index >= 15 is 0 Å². The molecule has 0 unspecified atom stereocenters. The van der Waals surface area contributed by atoms with Crippen molar-refractivity contribution in [1.82, 2.24) is 15.5 Å². The molecule has 0 saturated carbocycles. The Balaban J connectivity index is 1.80. The first-order valence-electron chi connectivity index (χ1n) is 9.34. The average molecular weight is 367 g/mol. The van der Waals surface area contributed by atoms with Gasteiger partial charge in [-0.1, -0.05) is 49.4 Å². The lowest BCUT2D eigenvalue weighted by Gasteiger charge is -2.19. The molecule has 144 valence electrons. The van der Waals surface area contributed by atoms with Gasteiger partial charge in [0, 0.05) is 31.6 Å². The van der Waals surface area contributed by atoms with Gasteiger partial charge in [0.1, 0.15) is 0 Å². The summed E-state index contributed by atoms with van der Waals surface area (Å²) in [6, 6.07) is 17.7. The molecular weight excluding hydrogens is 338 g/mol. The van der Waals surface area contributed by atoms with Crippen molar-refractivity contribution >= 4 is 11.8 Å². The van der Waals surface area contributed by atoms with Crippen molar-refractivity contribution in [1.29, 1.82) is 0 Å². The van der Waals surface area contributed by atoms with Crippen LogP contribution >= 0.6 is 0 Å². The van der Waals surface area contributed by atoms with Crippen LogP contribution in [0.1, 0.15) is 40.7 Å². The molecule has 2 aromatic rings. The maximum Gasteiger partial charge on any atom is 0.251 e. The summed E-state index contributed by atoms with van der Waals surface area (Å²) in [5.74, 6) is 0.254. The second kappa shape index (κ2) is 10.5. The van der Waals surface area contributed by atoms with Crippen molar-refractivity contribution in [2.45, 2.75) is 25.8 Å².